The molecule has 0 fully saturated rings. The minimum atomic E-state index is -7.08. The number of quaternary nitrogens is 1. The summed E-state index contributed by atoms with van der Waals surface area (Å²) in [6.45, 7) is -0.632. The number of alkyl halides is 9. The van der Waals surface area contributed by atoms with Gasteiger partial charge in [0, 0.05) is 19.4 Å². The molecule has 174 valence electrons. The molecule has 29 heavy (non-hydrogen) atoms. The molecular formula is C13H20F9N2O4S+. The SMILES string of the molecule is C[N+](C)(CCCNS(=O)(=O)CCC(F)(F)C(F)(F)C(F)(F)C(F)(F)F)CC(=O)O. The van der Waals surface area contributed by atoms with Crippen molar-refractivity contribution < 1.29 is 62.3 Å². The predicted molar refractivity (Wildman–Crippen MR) is 81.4 cm³/mol. The predicted octanol–water partition coefficient (Wildman–Crippen LogP) is 2.32. The number of carboxylic acids is 1. The molecule has 0 saturated heterocycles. The quantitative estimate of drug-likeness (QED) is 0.260. The van der Waals surface area contributed by atoms with Crippen molar-refractivity contribution in [1.82, 2.24) is 4.72 Å². The standard InChI is InChI=1S/C13H19F9N2O4S/c1-24(2,8-9(25)26)6-3-5-23-29(27,28)7-4-10(14,15)11(16,17)12(18,19)13(20,21)22/h23H,3-8H2,1-2H3/p+1. The van der Waals surface area contributed by atoms with Crippen LogP contribution in [0.4, 0.5) is 39.5 Å². The maximum absolute atomic E-state index is 13.3. The van der Waals surface area contributed by atoms with Crippen LogP contribution in [0.15, 0.2) is 0 Å². The Balaban J connectivity index is 4.89. The molecule has 0 radical (unpaired) electrons. The molecule has 6 nitrogen and oxygen atoms in total. The van der Waals surface area contributed by atoms with E-state index in [0.29, 0.717) is 0 Å². The number of carbonyl (C=O) groups is 1. The molecule has 0 heterocycles. The lowest BCUT2D eigenvalue weighted by molar-refractivity contribution is -0.883. The summed E-state index contributed by atoms with van der Waals surface area (Å²) >= 11 is 0. The van der Waals surface area contributed by atoms with E-state index in [1.165, 1.54) is 14.1 Å². The van der Waals surface area contributed by atoms with Gasteiger partial charge in [-0.25, -0.2) is 17.9 Å². The Morgan fingerprint density at radius 2 is 1.45 bits per heavy atom. The van der Waals surface area contributed by atoms with Crippen LogP contribution in [0, 0.1) is 0 Å². The Morgan fingerprint density at radius 1 is 0.966 bits per heavy atom. The molecular weight excluding hydrogens is 451 g/mol. The van der Waals surface area contributed by atoms with E-state index in [4.69, 9.17) is 5.11 Å². The molecule has 0 aromatic carbocycles. The molecule has 0 saturated carbocycles. The van der Waals surface area contributed by atoms with Gasteiger partial charge in [-0.2, -0.15) is 39.5 Å². The number of rotatable bonds is 12. The van der Waals surface area contributed by atoms with E-state index in [2.05, 4.69) is 0 Å². The highest BCUT2D eigenvalue weighted by atomic mass is 32.2. The monoisotopic (exact) mass is 471 g/mol. The van der Waals surface area contributed by atoms with Gasteiger partial charge in [-0.15, -0.1) is 0 Å². The summed E-state index contributed by atoms with van der Waals surface area (Å²) in [6.07, 6.45) is -9.46. The van der Waals surface area contributed by atoms with E-state index in [0.717, 1.165) is 0 Å². The average Bonchev–Trinajstić information content (AvgIpc) is 2.47. The highest BCUT2D eigenvalue weighted by molar-refractivity contribution is 7.89. The number of aliphatic carboxylic acids is 1. The highest BCUT2D eigenvalue weighted by Crippen LogP contribution is 2.54. The first-order valence-electron chi connectivity index (χ1n) is 7.79. The summed E-state index contributed by atoms with van der Waals surface area (Å²) in [5, 5.41) is 8.67. The summed E-state index contributed by atoms with van der Waals surface area (Å²) in [5.74, 6) is -22.9. The second-order valence-electron chi connectivity index (χ2n) is 6.88. The Hall–Kier alpha value is -1.29. The summed E-state index contributed by atoms with van der Waals surface area (Å²) in [5.41, 5.74) is 0. The lowest BCUT2D eigenvalue weighted by Gasteiger charge is -2.33. The van der Waals surface area contributed by atoms with Crippen LogP contribution in [0.2, 0.25) is 0 Å². The fraction of sp³-hybridized carbons (Fsp3) is 0.923. The fourth-order valence-corrected chi connectivity index (χ4v) is 3.20. The van der Waals surface area contributed by atoms with Crippen molar-refractivity contribution in [2.24, 2.45) is 0 Å². The normalized spacial score (nSPS) is 14.9. The zero-order chi connectivity index (χ0) is 23.5. The van der Waals surface area contributed by atoms with Crippen molar-refractivity contribution in [1.29, 1.82) is 0 Å². The Bertz CT molecular complexity index is 678. The summed E-state index contributed by atoms with van der Waals surface area (Å²) < 4.78 is 139. The molecule has 0 unspecified atom stereocenters. The Labute approximate surface area is 160 Å². The number of likely N-dealkylation sites (N-methyl/N-ethyl adjacent to an activating group) is 1. The van der Waals surface area contributed by atoms with Crippen LogP contribution in [0.5, 0.6) is 0 Å². The third kappa shape index (κ3) is 7.47. The smallest absolute Gasteiger partial charge is 0.460 e. The lowest BCUT2D eigenvalue weighted by atomic mass is 10.0. The molecule has 0 rings (SSSR count). The van der Waals surface area contributed by atoms with Gasteiger partial charge in [0.15, 0.2) is 6.54 Å². The summed E-state index contributed by atoms with van der Waals surface area (Å²) in [6, 6.07) is 0. The van der Waals surface area contributed by atoms with Gasteiger partial charge in [0.25, 0.3) is 0 Å². The first-order chi connectivity index (χ1) is 12.6. The number of nitrogens with one attached hydrogen (secondary N) is 1. The van der Waals surface area contributed by atoms with Crippen molar-refractivity contribution in [3.05, 3.63) is 0 Å². The number of nitrogens with zero attached hydrogens (tertiary/aromatic N) is 1. The van der Waals surface area contributed by atoms with Gasteiger partial charge in [-0.1, -0.05) is 0 Å². The van der Waals surface area contributed by atoms with Crippen molar-refractivity contribution in [3.8, 4) is 0 Å². The van der Waals surface area contributed by atoms with Crippen molar-refractivity contribution in [3.63, 3.8) is 0 Å². The van der Waals surface area contributed by atoms with E-state index in [-0.39, 0.29) is 24.0 Å². The largest absolute Gasteiger partial charge is 0.477 e. The Morgan fingerprint density at radius 3 is 1.86 bits per heavy atom. The van der Waals surface area contributed by atoms with Crippen LogP contribution in [-0.4, -0.2) is 87.4 Å². The number of hydrogen-bond acceptors (Lipinski definition) is 3. The van der Waals surface area contributed by atoms with Crippen molar-refractivity contribution >= 4 is 16.0 Å². The maximum Gasteiger partial charge on any atom is 0.460 e. The first kappa shape index (κ1) is 27.7. The van der Waals surface area contributed by atoms with Gasteiger partial charge in [-0.05, 0) is 0 Å². The van der Waals surface area contributed by atoms with Gasteiger partial charge in [0.1, 0.15) is 0 Å². The van der Waals surface area contributed by atoms with Crippen LogP contribution in [0.1, 0.15) is 12.8 Å². The van der Waals surface area contributed by atoms with E-state index in [1.54, 1.807) is 4.72 Å². The van der Waals surface area contributed by atoms with E-state index >= 15 is 0 Å². The van der Waals surface area contributed by atoms with E-state index in [9.17, 15) is 52.7 Å². The maximum atomic E-state index is 13.3. The van der Waals surface area contributed by atoms with Crippen LogP contribution in [-0.2, 0) is 14.8 Å². The zero-order valence-electron chi connectivity index (χ0n) is 15.2. The molecule has 0 aliphatic rings. The topological polar surface area (TPSA) is 83.5 Å². The molecule has 16 heteroatoms. The second kappa shape index (κ2) is 8.83. The number of sulfonamides is 1. The van der Waals surface area contributed by atoms with Gasteiger partial charge in [-0.3, -0.25) is 0 Å². The summed E-state index contributed by atoms with van der Waals surface area (Å²) in [4.78, 5) is 10.6. The minimum absolute atomic E-state index is 0.00178. The van der Waals surface area contributed by atoms with E-state index < -0.39 is 58.7 Å². The molecule has 0 aromatic heterocycles. The van der Waals surface area contributed by atoms with Gasteiger partial charge in [0.05, 0.1) is 26.4 Å². The molecule has 0 bridgehead atoms. The van der Waals surface area contributed by atoms with Gasteiger partial charge in [0.2, 0.25) is 10.0 Å². The summed E-state index contributed by atoms with van der Waals surface area (Å²) in [7, 11) is -1.73. The van der Waals surface area contributed by atoms with Crippen molar-refractivity contribution in [2.45, 2.75) is 36.8 Å². The zero-order valence-corrected chi connectivity index (χ0v) is 16.0. The van der Waals surface area contributed by atoms with E-state index in [1.807, 2.05) is 0 Å². The minimum Gasteiger partial charge on any atom is -0.477 e. The number of carboxylic acid groups (broad SMARTS) is 1. The highest BCUT2D eigenvalue weighted by Gasteiger charge is 2.81. The van der Waals surface area contributed by atoms with Gasteiger partial charge < -0.3 is 9.59 Å². The second-order valence-corrected chi connectivity index (χ2v) is 8.81. The first-order valence-corrected chi connectivity index (χ1v) is 9.44. The molecule has 0 amide bonds. The lowest BCUT2D eigenvalue weighted by Crippen LogP contribution is -2.61. The van der Waals surface area contributed by atoms with Crippen LogP contribution < -0.4 is 4.72 Å². The number of hydrogen-bond donors (Lipinski definition) is 2. The third-order valence-electron chi connectivity index (χ3n) is 3.72. The molecule has 0 aliphatic carbocycles. The Kier molecular flexibility index (Phi) is 8.44. The molecule has 0 spiro atoms. The van der Waals surface area contributed by atoms with Crippen molar-refractivity contribution in [2.75, 3.05) is 39.5 Å². The van der Waals surface area contributed by atoms with Crippen LogP contribution in [0.25, 0.3) is 0 Å². The third-order valence-corrected chi connectivity index (χ3v) is 5.11. The van der Waals surface area contributed by atoms with Crippen LogP contribution >= 0.6 is 0 Å². The molecule has 2 N–H and O–H groups in total. The molecule has 0 aliphatic heterocycles. The molecule has 0 atom stereocenters. The molecule has 0 aromatic rings. The van der Waals surface area contributed by atoms with Crippen LogP contribution in [0.3, 0.4) is 0 Å². The fourth-order valence-electron chi connectivity index (χ4n) is 2.08. The average molecular weight is 471 g/mol. The number of halogens is 9. The van der Waals surface area contributed by atoms with Gasteiger partial charge >= 0.3 is 29.9 Å².